The molecule has 0 aromatic carbocycles. The third-order valence-electron chi connectivity index (χ3n) is 5.31. The van der Waals surface area contributed by atoms with Crippen molar-refractivity contribution in [3.8, 4) is 0 Å². The van der Waals surface area contributed by atoms with Crippen LogP contribution < -0.4 is 4.90 Å². The van der Waals surface area contributed by atoms with Crippen LogP contribution in [0.4, 0.5) is 19.0 Å². The van der Waals surface area contributed by atoms with E-state index in [0.717, 1.165) is 40.4 Å². The number of aromatic nitrogens is 5. The fourth-order valence-electron chi connectivity index (χ4n) is 3.86. The number of halogens is 3. The Morgan fingerprint density at radius 3 is 2.76 bits per heavy atom. The quantitative estimate of drug-likeness (QED) is 0.556. The van der Waals surface area contributed by atoms with Gasteiger partial charge in [0.1, 0.15) is 11.9 Å². The lowest BCUT2D eigenvalue weighted by atomic mass is 9.99. The highest BCUT2D eigenvalue weighted by molar-refractivity contribution is 5.57. The van der Waals surface area contributed by atoms with E-state index >= 15 is 0 Å². The minimum atomic E-state index is -4.42. The van der Waals surface area contributed by atoms with Gasteiger partial charge >= 0.3 is 6.18 Å². The highest BCUT2D eigenvalue weighted by atomic mass is 19.4. The molecule has 148 valence electrons. The van der Waals surface area contributed by atoms with Gasteiger partial charge in [0, 0.05) is 31.1 Å². The second-order valence-electron chi connectivity index (χ2n) is 7.11. The first-order valence-electron chi connectivity index (χ1n) is 9.19. The Morgan fingerprint density at radius 1 is 1.17 bits per heavy atom. The molecule has 4 aromatic heterocycles. The number of nitrogens with one attached hydrogen (secondary N) is 1. The molecule has 0 saturated carbocycles. The maximum atomic E-state index is 12.9. The van der Waals surface area contributed by atoms with E-state index in [2.05, 4.69) is 15.0 Å². The van der Waals surface area contributed by atoms with Crippen LogP contribution in [0, 0.1) is 6.92 Å². The number of hydrogen-bond donors (Lipinski definition) is 1. The molecule has 0 fully saturated rings. The van der Waals surface area contributed by atoms with Crippen molar-refractivity contribution in [1.82, 2.24) is 24.6 Å². The molecule has 9 heteroatoms. The Labute approximate surface area is 164 Å². The number of anilines is 1. The van der Waals surface area contributed by atoms with Crippen LogP contribution >= 0.6 is 0 Å². The van der Waals surface area contributed by atoms with Gasteiger partial charge in [0.25, 0.3) is 0 Å². The molecule has 1 N–H and O–H groups in total. The Morgan fingerprint density at radius 2 is 2.03 bits per heavy atom. The molecule has 1 aliphatic rings. The molecule has 0 spiro atoms. The lowest BCUT2D eigenvalue weighted by Crippen LogP contribution is -2.37. The van der Waals surface area contributed by atoms with E-state index in [1.165, 1.54) is 6.07 Å². The number of aromatic amines is 1. The fourth-order valence-corrected chi connectivity index (χ4v) is 3.86. The number of fused-ring (bicyclic) bond motifs is 2. The summed E-state index contributed by atoms with van der Waals surface area (Å²) in [4.78, 5) is 13.7. The van der Waals surface area contributed by atoms with Gasteiger partial charge in [-0.2, -0.15) is 18.3 Å². The smallest absolute Gasteiger partial charge is 0.348 e. The maximum Gasteiger partial charge on any atom is 0.417 e. The van der Waals surface area contributed by atoms with Crippen molar-refractivity contribution in [3.05, 3.63) is 77.3 Å². The maximum absolute atomic E-state index is 12.9. The number of nitrogens with zero attached hydrogens (tertiary/aromatic N) is 5. The number of imidazole rings is 1. The van der Waals surface area contributed by atoms with Crippen LogP contribution in [-0.2, 0) is 12.6 Å². The lowest BCUT2D eigenvalue weighted by molar-refractivity contribution is -0.137. The van der Waals surface area contributed by atoms with E-state index < -0.39 is 11.7 Å². The van der Waals surface area contributed by atoms with Crippen LogP contribution in [0.25, 0.3) is 5.52 Å². The average molecular weight is 398 g/mol. The molecule has 29 heavy (non-hydrogen) atoms. The lowest BCUT2D eigenvalue weighted by Gasteiger charge is -2.35. The molecule has 6 nitrogen and oxygen atoms in total. The largest absolute Gasteiger partial charge is 0.417 e. The molecule has 1 aliphatic heterocycles. The van der Waals surface area contributed by atoms with E-state index in [1.807, 2.05) is 40.7 Å². The molecule has 0 unspecified atom stereocenters. The summed E-state index contributed by atoms with van der Waals surface area (Å²) in [6.07, 6.45) is 0.672. The van der Waals surface area contributed by atoms with Gasteiger partial charge in [-0.05, 0) is 36.8 Å². The molecule has 0 aliphatic carbocycles. The zero-order valence-electron chi connectivity index (χ0n) is 15.5. The standard InChI is InChI=1S/C20H17F3N6/c1-12-3-2-7-29-16(12)9-15(27-29)19-18-14(25-11-26-18)6-8-28(19)17-5-4-13(10-24-17)20(21,22)23/h2-5,7,9-11,19H,6,8H2,1H3,(H,25,26)/t19-/m1/s1. The average Bonchev–Trinajstić information content (AvgIpc) is 3.34. The molecule has 4 aromatic rings. The van der Waals surface area contributed by atoms with Crippen LogP contribution in [0.2, 0.25) is 0 Å². The van der Waals surface area contributed by atoms with E-state index in [4.69, 9.17) is 5.10 Å². The summed E-state index contributed by atoms with van der Waals surface area (Å²) in [5, 5.41) is 4.72. The summed E-state index contributed by atoms with van der Waals surface area (Å²) in [7, 11) is 0. The van der Waals surface area contributed by atoms with Gasteiger partial charge in [-0.25, -0.2) is 14.5 Å². The SMILES string of the molecule is Cc1cccn2nc([C@@H]3c4nc[nH]c4CCN3c3ccc(C(F)(F)F)cn3)cc12. The second kappa shape index (κ2) is 6.33. The zero-order chi connectivity index (χ0) is 20.2. The summed E-state index contributed by atoms with van der Waals surface area (Å²) in [5.74, 6) is 0.463. The van der Waals surface area contributed by atoms with E-state index in [9.17, 15) is 13.2 Å². The summed E-state index contributed by atoms with van der Waals surface area (Å²) >= 11 is 0. The van der Waals surface area contributed by atoms with Crippen molar-refractivity contribution >= 4 is 11.3 Å². The number of hydrogen-bond acceptors (Lipinski definition) is 4. The highest BCUT2D eigenvalue weighted by Crippen LogP contribution is 2.37. The van der Waals surface area contributed by atoms with Crippen LogP contribution in [0.15, 0.2) is 49.1 Å². The van der Waals surface area contributed by atoms with E-state index in [1.54, 1.807) is 6.33 Å². The summed E-state index contributed by atoms with van der Waals surface area (Å²) < 4.78 is 40.6. The number of H-pyrrole nitrogens is 1. The molecule has 0 saturated heterocycles. The van der Waals surface area contributed by atoms with Crippen LogP contribution in [0.5, 0.6) is 0 Å². The van der Waals surface area contributed by atoms with Gasteiger partial charge in [0.2, 0.25) is 0 Å². The van der Waals surface area contributed by atoms with Crippen molar-refractivity contribution < 1.29 is 13.2 Å². The molecule has 5 rings (SSSR count). The van der Waals surface area contributed by atoms with E-state index in [-0.39, 0.29) is 6.04 Å². The fraction of sp³-hybridized carbons (Fsp3) is 0.250. The summed E-state index contributed by atoms with van der Waals surface area (Å²) in [6.45, 7) is 2.60. The molecule has 5 heterocycles. The summed E-state index contributed by atoms with van der Waals surface area (Å²) in [5.41, 5.74) is 3.90. The Bertz CT molecular complexity index is 1180. The van der Waals surface area contributed by atoms with Crippen LogP contribution in [0.1, 0.15) is 34.3 Å². The Kier molecular flexibility index (Phi) is 3.87. The number of pyridine rings is 2. The molecular formula is C20H17F3N6. The molecular weight excluding hydrogens is 381 g/mol. The van der Waals surface area contributed by atoms with Gasteiger partial charge in [-0.15, -0.1) is 0 Å². The van der Waals surface area contributed by atoms with Crippen molar-refractivity contribution in [2.75, 3.05) is 11.4 Å². The first kappa shape index (κ1) is 17.7. The van der Waals surface area contributed by atoms with Crippen molar-refractivity contribution in [2.45, 2.75) is 25.6 Å². The topological polar surface area (TPSA) is 62.1 Å². The zero-order valence-corrected chi connectivity index (χ0v) is 15.5. The predicted octanol–water partition coefficient (Wildman–Crippen LogP) is 3.93. The number of rotatable bonds is 2. The van der Waals surface area contributed by atoms with Gasteiger partial charge in [-0.3, -0.25) is 0 Å². The van der Waals surface area contributed by atoms with E-state index in [0.29, 0.717) is 18.8 Å². The molecule has 0 bridgehead atoms. The van der Waals surface area contributed by atoms with Gasteiger partial charge in [0.05, 0.1) is 28.8 Å². The molecule has 1 atom stereocenters. The first-order chi connectivity index (χ1) is 13.9. The van der Waals surface area contributed by atoms with Gasteiger partial charge < -0.3 is 9.88 Å². The number of aryl methyl sites for hydroxylation is 1. The molecule has 0 radical (unpaired) electrons. The Balaban J connectivity index is 1.61. The summed E-state index contributed by atoms with van der Waals surface area (Å²) in [6, 6.07) is 8.07. The minimum absolute atomic E-state index is 0.339. The third-order valence-corrected chi connectivity index (χ3v) is 5.31. The van der Waals surface area contributed by atoms with Gasteiger partial charge in [-0.1, -0.05) is 6.07 Å². The van der Waals surface area contributed by atoms with Crippen LogP contribution in [-0.4, -0.2) is 31.1 Å². The van der Waals surface area contributed by atoms with Gasteiger partial charge in [0.15, 0.2) is 0 Å². The highest BCUT2D eigenvalue weighted by Gasteiger charge is 2.35. The molecule has 0 amide bonds. The predicted molar refractivity (Wildman–Crippen MR) is 101 cm³/mol. The van der Waals surface area contributed by atoms with Crippen LogP contribution in [0.3, 0.4) is 0 Å². The third kappa shape index (κ3) is 2.93. The number of alkyl halides is 3. The van der Waals surface area contributed by atoms with Crippen molar-refractivity contribution in [2.24, 2.45) is 0 Å². The minimum Gasteiger partial charge on any atom is -0.348 e. The second-order valence-corrected chi connectivity index (χ2v) is 7.11. The Hall–Kier alpha value is -3.36. The van der Waals surface area contributed by atoms with Crippen molar-refractivity contribution in [1.29, 1.82) is 0 Å². The first-order valence-corrected chi connectivity index (χ1v) is 9.19. The normalized spacial score (nSPS) is 17.0. The monoisotopic (exact) mass is 398 g/mol. The van der Waals surface area contributed by atoms with Crippen molar-refractivity contribution in [3.63, 3.8) is 0 Å².